The topological polar surface area (TPSA) is 50.4 Å². The molecule has 0 saturated heterocycles. The Kier molecular flexibility index (Phi) is 6.19. The lowest BCUT2D eigenvalue weighted by molar-refractivity contribution is -0.116. The minimum absolute atomic E-state index is 0.0187. The Morgan fingerprint density at radius 3 is 2.30 bits per heavy atom. The number of ketones is 1. The van der Waals surface area contributed by atoms with Crippen molar-refractivity contribution in [1.82, 2.24) is 0 Å². The van der Waals surface area contributed by atoms with Crippen LogP contribution in [-0.4, -0.2) is 5.78 Å². The van der Waals surface area contributed by atoms with Crippen molar-refractivity contribution in [3.8, 4) is 5.75 Å². The lowest BCUT2D eigenvalue weighted by Gasteiger charge is -2.30. The Morgan fingerprint density at radius 1 is 0.784 bits per heavy atom. The third kappa shape index (κ3) is 4.73. The van der Waals surface area contributed by atoms with E-state index in [2.05, 4.69) is 10.6 Å². The molecule has 2 aliphatic rings. The molecule has 1 aliphatic heterocycles. The molecule has 2 N–H and O–H groups in total. The molecule has 6 rings (SSSR count). The van der Waals surface area contributed by atoms with Crippen molar-refractivity contribution in [2.75, 3.05) is 10.6 Å². The SMILES string of the molecule is O=C1CC(c2ccc(F)cc2)CC2=C1C(c1ccccc1OCc1ccccc1)Nc1ccccc1N2. The summed E-state index contributed by atoms with van der Waals surface area (Å²) in [5, 5.41) is 7.20. The van der Waals surface area contributed by atoms with Gasteiger partial charge in [0.15, 0.2) is 5.78 Å². The summed E-state index contributed by atoms with van der Waals surface area (Å²) in [6.07, 6.45) is 1.03. The number of anilines is 2. The first kappa shape index (κ1) is 23.0. The summed E-state index contributed by atoms with van der Waals surface area (Å²) in [5.74, 6) is 0.522. The van der Waals surface area contributed by atoms with Crippen LogP contribution in [0, 0.1) is 5.82 Å². The molecule has 4 aromatic rings. The number of rotatable bonds is 5. The highest BCUT2D eigenvalue weighted by Crippen LogP contribution is 2.45. The van der Waals surface area contributed by atoms with Gasteiger partial charge in [-0.1, -0.05) is 72.8 Å². The number of ether oxygens (including phenoxy) is 1. The monoisotopic (exact) mass is 490 g/mol. The smallest absolute Gasteiger partial charge is 0.163 e. The highest BCUT2D eigenvalue weighted by Gasteiger charge is 2.37. The number of nitrogens with one attached hydrogen (secondary N) is 2. The van der Waals surface area contributed by atoms with E-state index in [4.69, 9.17) is 4.74 Å². The van der Waals surface area contributed by atoms with Crippen LogP contribution in [0.15, 0.2) is 114 Å². The van der Waals surface area contributed by atoms with Gasteiger partial charge in [-0.05, 0) is 53.8 Å². The van der Waals surface area contributed by atoms with Crippen LogP contribution in [-0.2, 0) is 11.4 Å². The van der Waals surface area contributed by atoms with E-state index >= 15 is 0 Å². The average molecular weight is 491 g/mol. The van der Waals surface area contributed by atoms with E-state index < -0.39 is 0 Å². The van der Waals surface area contributed by atoms with E-state index in [1.807, 2.05) is 78.9 Å². The van der Waals surface area contributed by atoms with Gasteiger partial charge in [0.25, 0.3) is 0 Å². The Bertz CT molecular complexity index is 1460. The van der Waals surface area contributed by atoms with Gasteiger partial charge in [-0.15, -0.1) is 0 Å². The van der Waals surface area contributed by atoms with E-state index in [-0.39, 0.29) is 23.6 Å². The third-order valence-corrected chi connectivity index (χ3v) is 7.12. The van der Waals surface area contributed by atoms with Crippen molar-refractivity contribution in [3.05, 3.63) is 137 Å². The number of fused-ring (bicyclic) bond motifs is 1. The van der Waals surface area contributed by atoms with E-state index in [9.17, 15) is 9.18 Å². The predicted octanol–water partition coefficient (Wildman–Crippen LogP) is 7.38. The Balaban J connectivity index is 1.40. The fourth-order valence-corrected chi connectivity index (χ4v) is 5.28. The number of halogens is 1. The van der Waals surface area contributed by atoms with Crippen LogP contribution in [0.5, 0.6) is 5.75 Å². The van der Waals surface area contributed by atoms with Gasteiger partial charge in [-0.25, -0.2) is 4.39 Å². The molecule has 0 saturated carbocycles. The first-order valence-corrected chi connectivity index (χ1v) is 12.6. The quantitative estimate of drug-likeness (QED) is 0.306. The van der Waals surface area contributed by atoms with Crippen LogP contribution in [0.3, 0.4) is 0 Å². The Morgan fingerprint density at radius 2 is 1.49 bits per heavy atom. The van der Waals surface area contributed by atoms with Crippen LogP contribution in [0.2, 0.25) is 0 Å². The maximum absolute atomic E-state index is 13.8. The number of hydrogen-bond donors (Lipinski definition) is 2. The van der Waals surface area contributed by atoms with Gasteiger partial charge in [0, 0.05) is 23.3 Å². The van der Waals surface area contributed by atoms with Gasteiger partial charge in [-0.3, -0.25) is 4.79 Å². The predicted molar refractivity (Wildman–Crippen MR) is 144 cm³/mol. The molecule has 4 nitrogen and oxygen atoms in total. The van der Waals surface area contributed by atoms with Crippen LogP contribution in [0.25, 0.3) is 0 Å². The zero-order valence-corrected chi connectivity index (χ0v) is 20.3. The third-order valence-electron chi connectivity index (χ3n) is 7.12. The van der Waals surface area contributed by atoms with Crippen LogP contribution < -0.4 is 15.4 Å². The molecule has 0 fully saturated rings. The largest absolute Gasteiger partial charge is 0.489 e. The maximum atomic E-state index is 13.8. The molecule has 2 unspecified atom stereocenters. The fraction of sp³-hybridized carbons (Fsp3) is 0.156. The second-order valence-corrected chi connectivity index (χ2v) is 9.53. The molecule has 184 valence electrons. The molecule has 0 spiro atoms. The fourth-order valence-electron chi connectivity index (χ4n) is 5.28. The number of allylic oxidation sites excluding steroid dienone is 1. The molecule has 37 heavy (non-hydrogen) atoms. The summed E-state index contributed by atoms with van der Waals surface area (Å²) in [4.78, 5) is 13.8. The zero-order chi connectivity index (χ0) is 25.2. The summed E-state index contributed by atoms with van der Waals surface area (Å²) in [6.45, 7) is 0.436. The summed E-state index contributed by atoms with van der Waals surface area (Å²) in [6, 6.07) is 32.1. The lowest BCUT2D eigenvalue weighted by atomic mass is 9.78. The number of Topliss-reactive ketones (excluding diaryl/α,β-unsaturated/α-hetero) is 1. The minimum Gasteiger partial charge on any atom is -0.489 e. The molecule has 4 aromatic carbocycles. The molecule has 2 atom stereocenters. The number of carbonyl (C=O) groups is 1. The van der Waals surface area contributed by atoms with E-state index in [1.165, 1.54) is 12.1 Å². The van der Waals surface area contributed by atoms with E-state index in [1.54, 1.807) is 12.1 Å². The van der Waals surface area contributed by atoms with Crippen LogP contribution >= 0.6 is 0 Å². The molecule has 1 heterocycles. The number of para-hydroxylation sites is 3. The minimum atomic E-state index is -0.375. The molecular weight excluding hydrogens is 463 g/mol. The molecule has 0 amide bonds. The van der Waals surface area contributed by atoms with Crippen molar-refractivity contribution in [2.45, 2.75) is 31.4 Å². The molecule has 0 radical (unpaired) electrons. The summed E-state index contributed by atoms with van der Waals surface area (Å²) in [5.41, 5.74) is 6.43. The van der Waals surface area contributed by atoms with Gasteiger partial charge in [-0.2, -0.15) is 0 Å². The second kappa shape index (κ2) is 9.94. The van der Waals surface area contributed by atoms with Crippen molar-refractivity contribution >= 4 is 17.2 Å². The van der Waals surface area contributed by atoms with Crippen LogP contribution in [0.1, 0.15) is 41.5 Å². The van der Waals surface area contributed by atoms with Crippen molar-refractivity contribution in [1.29, 1.82) is 0 Å². The normalized spacial score (nSPS) is 18.7. The number of carbonyl (C=O) groups excluding carboxylic acids is 1. The van der Waals surface area contributed by atoms with Crippen molar-refractivity contribution in [3.63, 3.8) is 0 Å². The Labute approximate surface area is 215 Å². The van der Waals surface area contributed by atoms with Gasteiger partial charge in [0.05, 0.1) is 17.4 Å². The van der Waals surface area contributed by atoms with Gasteiger partial charge < -0.3 is 15.4 Å². The molecule has 0 bridgehead atoms. The first-order valence-electron chi connectivity index (χ1n) is 12.6. The molecule has 1 aliphatic carbocycles. The van der Waals surface area contributed by atoms with Gasteiger partial charge in [0.1, 0.15) is 18.2 Å². The number of benzene rings is 4. The van der Waals surface area contributed by atoms with E-state index in [0.29, 0.717) is 19.4 Å². The number of hydrogen-bond acceptors (Lipinski definition) is 4. The Hall–Kier alpha value is -4.38. The summed E-state index contributed by atoms with van der Waals surface area (Å²) in [7, 11) is 0. The summed E-state index contributed by atoms with van der Waals surface area (Å²) < 4.78 is 19.8. The maximum Gasteiger partial charge on any atom is 0.163 e. The highest BCUT2D eigenvalue weighted by atomic mass is 19.1. The van der Waals surface area contributed by atoms with Crippen molar-refractivity contribution < 1.29 is 13.9 Å². The molecular formula is C32H27FN2O2. The van der Waals surface area contributed by atoms with Gasteiger partial charge >= 0.3 is 0 Å². The standard InChI is InChI=1S/C32H27FN2O2/c33-24-16-14-22(15-17-24)23-18-28-31(29(36)19-23)32(35-27-12-6-5-11-26(27)34-28)25-10-4-7-13-30(25)37-20-21-8-2-1-3-9-21/h1-17,23,32,34-35H,18-20H2. The zero-order valence-electron chi connectivity index (χ0n) is 20.3. The first-order chi connectivity index (χ1) is 18.2. The van der Waals surface area contributed by atoms with Crippen molar-refractivity contribution in [2.24, 2.45) is 0 Å². The molecule has 0 aromatic heterocycles. The lowest BCUT2D eigenvalue weighted by Crippen LogP contribution is -2.27. The van der Waals surface area contributed by atoms with Crippen LogP contribution in [0.4, 0.5) is 15.8 Å². The van der Waals surface area contributed by atoms with E-state index in [0.717, 1.165) is 45.1 Å². The average Bonchev–Trinajstić information content (AvgIpc) is 3.10. The molecule has 5 heteroatoms. The summed E-state index contributed by atoms with van der Waals surface area (Å²) >= 11 is 0. The highest BCUT2D eigenvalue weighted by molar-refractivity contribution is 6.01. The second-order valence-electron chi connectivity index (χ2n) is 9.53. The van der Waals surface area contributed by atoms with Gasteiger partial charge in [0.2, 0.25) is 0 Å².